The van der Waals surface area contributed by atoms with Crippen LogP contribution in [0, 0.1) is 0 Å². The van der Waals surface area contributed by atoms with Crippen LogP contribution in [0.5, 0.6) is 0 Å². The lowest BCUT2D eigenvalue weighted by atomic mass is 9.96. The third-order valence-electron chi connectivity index (χ3n) is 3.74. The van der Waals surface area contributed by atoms with Crippen LogP contribution in [-0.2, 0) is 4.79 Å². The van der Waals surface area contributed by atoms with Crippen molar-refractivity contribution in [3.63, 3.8) is 0 Å². The Balaban J connectivity index is 2.20. The van der Waals surface area contributed by atoms with E-state index in [2.05, 4.69) is 37.4 Å². The van der Waals surface area contributed by atoms with E-state index in [-0.39, 0.29) is 5.91 Å². The Morgan fingerprint density at radius 1 is 1.37 bits per heavy atom. The fourth-order valence-corrected chi connectivity index (χ4v) is 2.74. The van der Waals surface area contributed by atoms with Crippen LogP contribution in [0.1, 0.15) is 51.1 Å². The monoisotopic (exact) mass is 260 g/mol. The topological polar surface area (TPSA) is 32.3 Å². The van der Waals surface area contributed by atoms with E-state index in [1.54, 1.807) is 0 Å². The van der Waals surface area contributed by atoms with Gasteiger partial charge < -0.3 is 10.2 Å². The average Bonchev–Trinajstić information content (AvgIpc) is 2.45. The number of rotatable bonds is 5. The van der Waals surface area contributed by atoms with Gasteiger partial charge in [0.1, 0.15) is 0 Å². The highest BCUT2D eigenvalue weighted by Gasteiger charge is 2.27. The molecule has 1 N–H and O–H groups in total. The van der Waals surface area contributed by atoms with E-state index >= 15 is 0 Å². The molecule has 0 fully saturated rings. The van der Waals surface area contributed by atoms with Gasteiger partial charge in [-0.05, 0) is 31.0 Å². The summed E-state index contributed by atoms with van der Waals surface area (Å²) in [6.45, 7) is 6.04. The Morgan fingerprint density at radius 3 is 2.89 bits per heavy atom. The van der Waals surface area contributed by atoms with Crippen molar-refractivity contribution >= 4 is 11.6 Å². The highest BCUT2D eigenvalue weighted by atomic mass is 16.2. The van der Waals surface area contributed by atoms with Gasteiger partial charge in [-0.25, -0.2) is 0 Å². The molecular weight excluding hydrogens is 236 g/mol. The van der Waals surface area contributed by atoms with Crippen LogP contribution < -0.4 is 10.2 Å². The van der Waals surface area contributed by atoms with Crippen LogP contribution >= 0.6 is 0 Å². The maximum atomic E-state index is 12.3. The number of fused-ring (bicyclic) bond motifs is 1. The van der Waals surface area contributed by atoms with Gasteiger partial charge in [0.15, 0.2) is 0 Å². The number of benzene rings is 1. The van der Waals surface area contributed by atoms with Crippen molar-refractivity contribution < 1.29 is 4.79 Å². The number of nitrogens with zero attached hydrogens (tertiary/aromatic N) is 1. The zero-order valence-electron chi connectivity index (χ0n) is 12.0. The van der Waals surface area contributed by atoms with Crippen LogP contribution in [0.25, 0.3) is 0 Å². The number of amides is 1. The smallest absolute Gasteiger partial charge is 0.226 e. The van der Waals surface area contributed by atoms with Gasteiger partial charge in [-0.3, -0.25) is 4.79 Å². The second-order valence-electron chi connectivity index (χ2n) is 5.11. The van der Waals surface area contributed by atoms with Gasteiger partial charge in [-0.2, -0.15) is 0 Å². The van der Waals surface area contributed by atoms with Crippen LogP contribution in [0.4, 0.5) is 5.69 Å². The van der Waals surface area contributed by atoms with Gasteiger partial charge in [-0.1, -0.05) is 38.5 Å². The summed E-state index contributed by atoms with van der Waals surface area (Å²) < 4.78 is 0. The molecule has 1 amide bonds. The molecule has 19 heavy (non-hydrogen) atoms. The van der Waals surface area contributed by atoms with E-state index in [0.717, 1.165) is 38.0 Å². The maximum Gasteiger partial charge on any atom is 0.226 e. The van der Waals surface area contributed by atoms with Crippen LogP contribution in [0.15, 0.2) is 24.3 Å². The fraction of sp³-hybridized carbons (Fsp3) is 0.562. The van der Waals surface area contributed by atoms with Gasteiger partial charge in [0.25, 0.3) is 0 Å². The molecular formula is C16H24N2O. The Bertz CT molecular complexity index is 431. The summed E-state index contributed by atoms with van der Waals surface area (Å²) in [6.07, 6.45) is 3.72. The lowest BCUT2D eigenvalue weighted by molar-refractivity contribution is -0.118. The molecule has 3 nitrogen and oxygen atoms in total. The highest BCUT2D eigenvalue weighted by Crippen LogP contribution is 2.33. The molecule has 3 heteroatoms. The first kappa shape index (κ1) is 14.1. The highest BCUT2D eigenvalue weighted by molar-refractivity contribution is 5.94. The first-order chi connectivity index (χ1) is 9.27. The van der Waals surface area contributed by atoms with E-state index < -0.39 is 0 Å². The maximum absolute atomic E-state index is 12.3. The number of unbranched alkanes of at least 4 members (excludes halogenated alkanes) is 1. The zero-order valence-corrected chi connectivity index (χ0v) is 12.0. The Morgan fingerprint density at radius 2 is 2.16 bits per heavy atom. The van der Waals surface area contributed by atoms with E-state index in [1.165, 1.54) is 5.56 Å². The predicted molar refractivity (Wildman–Crippen MR) is 79.4 cm³/mol. The quantitative estimate of drug-likeness (QED) is 0.881. The number of carbonyl (C=O) groups is 1. The molecule has 1 aliphatic heterocycles. The van der Waals surface area contributed by atoms with E-state index in [1.807, 2.05) is 11.0 Å². The molecule has 1 unspecified atom stereocenters. The fourth-order valence-electron chi connectivity index (χ4n) is 2.74. The second kappa shape index (κ2) is 6.71. The zero-order chi connectivity index (χ0) is 13.7. The lowest BCUT2D eigenvalue weighted by Gasteiger charge is -2.34. The minimum absolute atomic E-state index is 0.268. The molecule has 1 atom stereocenters. The predicted octanol–water partition coefficient (Wildman–Crippen LogP) is 3.26. The molecule has 1 aromatic carbocycles. The first-order valence-corrected chi connectivity index (χ1v) is 7.40. The number of nitrogens with one attached hydrogen (secondary N) is 1. The van der Waals surface area contributed by atoms with Crippen molar-refractivity contribution in [2.24, 2.45) is 0 Å². The van der Waals surface area contributed by atoms with E-state index in [9.17, 15) is 4.79 Å². The summed E-state index contributed by atoms with van der Waals surface area (Å²) >= 11 is 0. The summed E-state index contributed by atoms with van der Waals surface area (Å²) in [4.78, 5) is 14.3. The molecule has 0 saturated heterocycles. The summed E-state index contributed by atoms with van der Waals surface area (Å²) in [5.41, 5.74) is 2.36. The Hall–Kier alpha value is -1.35. The lowest BCUT2D eigenvalue weighted by Crippen LogP contribution is -2.39. The van der Waals surface area contributed by atoms with Gasteiger partial charge in [0.05, 0.1) is 0 Å². The van der Waals surface area contributed by atoms with Gasteiger partial charge >= 0.3 is 0 Å². The second-order valence-corrected chi connectivity index (χ2v) is 5.11. The SMILES string of the molecule is CCCCC(=O)N1CCC(NCC)c2ccccc21. The van der Waals surface area contributed by atoms with Crippen LogP contribution in [-0.4, -0.2) is 19.0 Å². The van der Waals surface area contributed by atoms with Crippen molar-refractivity contribution in [3.8, 4) is 0 Å². The number of carbonyl (C=O) groups excluding carboxylic acids is 1. The van der Waals surface area contributed by atoms with Gasteiger partial charge in [-0.15, -0.1) is 0 Å². The molecule has 0 aliphatic carbocycles. The van der Waals surface area contributed by atoms with Crippen molar-refractivity contribution in [1.29, 1.82) is 0 Å². The molecule has 2 rings (SSSR count). The number of hydrogen-bond acceptors (Lipinski definition) is 2. The molecule has 0 spiro atoms. The molecule has 1 aromatic rings. The average molecular weight is 260 g/mol. The summed E-state index contributed by atoms with van der Waals surface area (Å²) in [5.74, 6) is 0.268. The summed E-state index contributed by atoms with van der Waals surface area (Å²) in [6, 6.07) is 8.68. The number of hydrogen-bond donors (Lipinski definition) is 1. The van der Waals surface area contributed by atoms with Crippen LogP contribution in [0.3, 0.4) is 0 Å². The molecule has 1 heterocycles. The minimum Gasteiger partial charge on any atom is -0.312 e. The van der Waals surface area contributed by atoms with Crippen molar-refractivity contribution in [3.05, 3.63) is 29.8 Å². The Labute approximate surface area is 116 Å². The molecule has 104 valence electrons. The molecule has 0 radical (unpaired) electrons. The minimum atomic E-state index is 0.268. The van der Waals surface area contributed by atoms with Crippen molar-refractivity contribution in [2.75, 3.05) is 18.0 Å². The number of para-hydroxylation sites is 1. The number of anilines is 1. The standard InChI is InChI=1S/C16H24N2O/c1-3-5-10-16(19)18-12-11-14(17-4-2)13-8-6-7-9-15(13)18/h6-9,14,17H,3-5,10-12H2,1-2H3. The van der Waals surface area contributed by atoms with Gasteiger partial charge in [0, 0.05) is 24.7 Å². The molecule has 1 aliphatic rings. The largest absolute Gasteiger partial charge is 0.312 e. The van der Waals surface area contributed by atoms with Gasteiger partial charge in [0.2, 0.25) is 5.91 Å². The molecule has 0 bridgehead atoms. The summed E-state index contributed by atoms with van der Waals surface area (Å²) in [5, 5.41) is 3.51. The Kier molecular flexibility index (Phi) is 4.97. The van der Waals surface area contributed by atoms with E-state index in [0.29, 0.717) is 12.5 Å². The van der Waals surface area contributed by atoms with E-state index in [4.69, 9.17) is 0 Å². The molecule has 0 saturated carbocycles. The third-order valence-corrected chi connectivity index (χ3v) is 3.74. The first-order valence-electron chi connectivity index (χ1n) is 7.40. The summed E-state index contributed by atoms with van der Waals surface area (Å²) in [7, 11) is 0. The third kappa shape index (κ3) is 3.16. The molecule has 0 aromatic heterocycles. The normalized spacial score (nSPS) is 18.2. The van der Waals surface area contributed by atoms with Crippen molar-refractivity contribution in [1.82, 2.24) is 5.32 Å². The van der Waals surface area contributed by atoms with Crippen molar-refractivity contribution in [2.45, 2.75) is 45.6 Å². The van der Waals surface area contributed by atoms with Crippen LogP contribution in [0.2, 0.25) is 0 Å².